The van der Waals surface area contributed by atoms with Gasteiger partial charge in [-0.25, -0.2) is 0 Å². The van der Waals surface area contributed by atoms with Crippen LogP contribution >= 0.6 is 24.0 Å². The molecule has 1 aliphatic heterocycles. The zero-order chi connectivity index (χ0) is 26.6. The highest BCUT2D eigenvalue weighted by atomic mass is 32.2. The van der Waals surface area contributed by atoms with E-state index in [2.05, 4.69) is 32.9 Å². The summed E-state index contributed by atoms with van der Waals surface area (Å²) in [5.74, 6) is 1.11. The molecule has 1 saturated heterocycles. The SMILES string of the molecule is CC(C)(C)c1ccc(OCCOc2cccc(/C=C3/SC(=S)N(c4cccc([N+](=O)[O-])c4)C3=O)c2)cc1. The van der Waals surface area contributed by atoms with Crippen molar-refractivity contribution in [1.29, 1.82) is 0 Å². The van der Waals surface area contributed by atoms with Crippen molar-refractivity contribution in [2.45, 2.75) is 26.2 Å². The Morgan fingerprint density at radius 1 is 0.973 bits per heavy atom. The van der Waals surface area contributed by atoms with E-state index in [0.29, 0.717) is 33.9 Å². The lowest BCUT2D eigenvalue weighted by Crippen LogP contribution is -2.27. The van der Waals surface area contributed by atoms with Gasteiger partial charge in [-0.1, -0.05) is 75.1 Å². The zero-order valence-corrected chi connectivity index (χ0v) is 22.3. The van der Waals surface area contributed by atoms with Gasteiger partial charge in [0.25, 0.3) is 11.6 Å². The van der Waals surface area contributed by atoms with Crippen molar-refractivity contribution < 1.29 is 19.2 Å². The maximum Gasteiger partial charge on any atom is 0.271 e. The second-order valence-corrected chi connectivity index (χ2v) is 11.0. The largest absolute Gasteiger partial charge is 0.490 e. The van der Waals surface area contributed by atoms with Gasteiger partial charge in [0.1, 0.15) is 24.7 Å². The smallest absolute Gasteiger partial charge is 0.271 e. The topological polar surface area (TPSA) is 81.9 Å². The molecule has 0 atom stereocenters. The molecule has 7 nitrogen and oxygen atoms in total. The van der Waals surface area contributed by atoms with Crippen molar-refractivity contribution in [3.63, 3.8) is 0 Å². The zero-order valence-electron chi connectivity index (χ0n) is 20.7. The average Bonchev–Trinajstić information content (AvgIpc) is 3.14. The van der Waals surface area contributed by atoms with Crippen LogP contribution in [-0.2, 0) is 10.2 Å². The Balaban J connectivity index is 1.37. The number of carbonyl (C=O) groups excluding carboxylic acids is 1. The fourth-order valence-corrected chi connectivity index (χ4v) is 4.95. The quantitative estimate of drug-likeness (QED) is 0.104. The average molecular weight is 535 g/mol. The third kappa shape index (κ3) is 6.55. The van der Waals surface area contributed by atoms with Crippen LogP contribution in [0.25, 0.3) is 6.08 Å². The molecule has 0 saturated carbocycles. The summed E-state index contributed by atoms with van der Waals surface area (Å²) in [4.78, 5) is 25.4. The molecule has 9 heteroatoms. The molecule has 0 aliphatic carbocycles. The van der Waals surface area contributed by atoms with Gasteiger partial charge in [0.2, 0.25) is 0 Å². The van der Waals surface area contributed by atoms with Gasteiger partial charge in [-0.05, 0) is 52.9 Å². The number of nitro benzene ring substituents is 1. The molecule has 3 aromatic rings. The van der Waals surface area contributed by atoms with Crippen LogP contribution in [0, 0.1) is 10.1 Å². The highest BCUT2D eigenvalue weighted by Crippen LogP contribution is 2.37. The second-order valence-electron chi connectivity index (χ2n) is 9.34. The highest BCUT2D eigenvalue weighted by molar-refractivity contribution is 8.27. The summed E-state index contributed by atoms with van der Waals surface area (Å²) in [6, 6.07) is 21.3. The van der Waals surface area contributed by atoms with Crippen molar-refractivity contribution in [3.05, 3.63) is 98.9 Å². The van der Waals surface area contributed by atoms with Gasteiger partial charge in [0.05, 0.1) is 15.5 Å². The van der Waals surface area contributed by atoms with Crippen LogP contribution in [0.2, 0.25) is 0 Å². The van der Waals surface area contributed by atoms with Gasteiger partial charge >= 0.3 is 0 Å². The molecule has 0 aromatic heterocycles. The molecule has 0 unspecified atom stereocenters. The molecule has 3 aromatic carbocycles. The fraction of sp³-hybridized carbons (Fsp3) is 0.214. The van der Waals surface area contributed by atoms with E-state index in [1.165, 1.54) is 28.7 Å². The molecule has 0 bridgehead atoms. The number of nitro groups is 1. The summed E-state index contributed by atoms with van der Waals surface area (Å²) in [7, 11) is 0. The first-order valence-corrected chi connectivity index (χ1v) is 12.8. The number of hydrogen-bond donors (Lipinski definition) is 0. The van der Waals surface area contributed by atoms with Crippen molar-refractivity contribution in [2.75, 3.05) is 18.1 Å². The van der Waals surface area contributed by atoms with E-state index in [1.54, 1.807) is 12.1 Å². The molecule has 190 valence electrons. The molecule has 0 spiro atoms. The molecular formula is C28H26N2O5S2. The van der Waals surface area contributed by atoms with Crippen LogP contribution in [0.3, 0.4) is 0 Å². The standard InChI is InChI=1S/C28H26N2O5S2/c1-28(2,3)20-10-12-23(13-11-20)34-14-15-35-24-9-4-6-19(16-24)17-25-26(31)29(27(36)37-25)21-7-5-8-22(18-21)30(32)33/h4-13,16-18H,14-15H2,1-3H3/b25-17+. The van der Waals surface area contributed by atoms with E-state index in [9.17, 15) is 14.9 Å². The monoisotopic (exact) mass is 534 g/mol. The molecule has 1 fully saturated rings. The Kier molecular flexibility index (Phi) is 7.94. The molecule has 37 heavy (non-hydrogen) atoms. The van der Waals surface area contributed by atoms with Crippen LogP contribution < -0.4 is 14.4 Å². The summed E-state index contributed by atoms with van der Waals surface area (Å²) < 4.78 is 11.9. The van der Waals surface area contributed by atoms with E-state index in [0.717, 1.165) is 23.1 Å². The predicted molar refractivity (Wildman–Crippen MR) is 151 cm³/mol. The lowest BCUT2D eigenvalue weighted by atomic mass is 9.87. The Bertz CT molecular complexity index is 1360. The number of thioether (sulfide) groups is 1. The van der Waals surface area contributed by atoms with E-state index < -0.39 is 4.92 Å². The third-order valence-corrected chi connectivity index (χ3v) is 6.89. The van der Waals surface area contributed by atoms with Gasteiger partial charge in [-0.3, -0.25) is 19.8 Å². The number of ether oxygens (including phenoxy) is 2. The van der Waals surface area contributed by atoms with Gasteiger partial charge in [-0.2, -0.15) is 0 Å². The molecule has 1 amide bonds. The van der Waals surface area contributed by atoms with Gasteiger partial charge in [0, 0.05) is 12.1 Å². The summed E-state index contributed by atoms with van der Waals surface area (Å²) in [5, 5.41) is 11.1. The van der Waals surface area contributed by atoms with Crippen molar-refractivity contribution >= 4 is 51.7 Å². The maximum absolute atomic E-state index is 13.0. The van der Waals surface area contributed by atoms with Crippen LogP contribution in [0.4, 0.5) is 11.4 Å². The van der Waals surface area contributed by atoms with Crippen LogP contribution in [0.5, 0.6) is 11.5 Å². The molecule has 4 rings (SSSR count). The number of amides is 1. The Labute approximate surface area is 225 Å². The summed E-state index contributed by atoms with van der Waals surface area (Å²) in [5.41, 5.74) is 2.37. The summed E-state index contributed by atoms with van der Waals surface area (Å²) >= 11 is 6.53. The minimum atomic E-state index is -0.504. The van der Waals surface area contributed by atoms with Gasteiger partial charge in [0.15, 0.2) is 4.32 Å². The summed E-state index contributed by atoms with van der Waals surface area (Å²) in [6.45, 7) is 7.26. The van der Waals surface area contributed by atoms with E-state index in [4.69, 9.17) is 21.7 Å². The minimum Gasteiger partial charge on any atom is -0.490 e. The lowest BCUT2D eigenvalue weighted by Gasteiger charge is -2.19. The number of nitrogens with zero attached hydrogens (tertiary/aromatic N) is 2. The van der Waals surface area contributed by atoms with Crippen LogP contribution in [0.15, 0.2) is 77.7 Å². The number of anilines is 1. The van der Waals surface area contributed by atoms with E-state index in [1.807, 2.05) is 36.4 Å². The first-order valence-electron chi connectivity index (χ1n) is 11.6. The van der Waals surface area contributed by atoms with Crippen molar-refractivity contribution in [1.82, 2.24) is 0 Å². The number of carbonyl (C=O) groups is 1. The number of thiocarbonyl (C=S) groups is 1. The Hall–Kier alpha value is -3.69. The van der Waals surface area contributed by atoms with Crippen LogP contribution in [0.1, 0.15) is 31.9 Å². The first kappa shape index (κ1) is 26.4. The van der Waals surface area contributed by atoms with Crippen molar-refractivity contribution in [2.24, 2.45) is 0 Å². The first-order chi connectivity index (χ1) is 17.6. The lowest BCUT2D eigenvalue weighted by molar-refractivity contribution is -0.384. The van der Waals surface area contributed by atoms with Gasteiger partial charge in [-0.15, -0.1) is 0 Å². The number of non-ortho nitro benzene ring substituents is 1. The number of rotatable bonds is 8. The third-order valence-electron chi connectivity index (χ3n) is 5.59. The normalized spacial score (nSPS) is 14.8. The van der Waals surface area contributed by atoms with Crippen molar-refractivity contribution in [3.8, 4) is 11.5 Å². The highest BCUT2D eigenvalue weighted by Gasteiger charge is 2.34. The Morgan fingerprint density at radius 3 is 2.32 bits per heavy atom. The molecule has 1 heterocycles. The fourth-order valence-electron chi connectivity index (χ4n) is 3.65. The predicted octanol–water partition coefficient (Wildman–Crippen LogP) is 6.76. The Morgan fingerprint density at radius 2 is 1.65 bits per heavy atom. The van der Waals surface area contributed by atoms with E-state index >= 15 is 0 Å². The molecule has 1 aliphatic rings. The number of benzene rings is 3. The summed E-state index contributed by atoms with van der Waals surface area (Å²) in [6.07, 6.45) is 1.73. The van der Waals surface area contributed by atoms with Crippen LogP contribution in [-0.4, -0.2) is 28.4 Å². The molecular weight excluding hydrogens is 508 g/mol. The second kappa shape index (κ2) is 11.1. The molecule has 0 radical (unpaired) electrons. The molecule has 0 N–H and O–H groups in total. The van der Waals surface area contributed by atoms with E-state index in [-0.39, 0.29) is 17.0 Å². The minimum absolute atomic E-state index is 0.0923. The number of hydrogen-bond acceptors (Lipinski definition) is 7. The van der Waals surface area contributed by atoms with Gasteiger partial charge < -0.3 is 9.47 Å². The maximum atomic E-state index is 13.0.